The predicted molar refractivity (Wildman–Crippen MR) is 55.9 cm³/mol. The molecule has 0 bridgehead atoms. The van der Waals surface area contributed by atoms with Crippen molar-refractivity contribution in [2.75, 3.05) is 26.2 Å². The highest BCUT2D eigenvalue weighted by Gasteiger charge is 2.25. The molecule has 0 rings (SSSR count). The molecule has 0 amide bonds. The lowest BCUT2D eigenvalue weighted by Crippen LogP contribution is -2.26. The van der Waals surface area contributed by atoms with Gasteiger partial charge in [0.15, 0.2) is 0 Å². The van der Waals surface area contributed by atoms with E-state index in [2.05, 4.69) is 24.5 Å². The third-order valence-electron chi connectivity index (χ3n) is 1.84. The van der Waals surface area contributed by atoms with E-state index in [1.54, 1.807) is 0 Å². The van der Waals surface area contributed by atoms with Crippen molar-refractivity contribution in [1.82, 2.24) is 10.6 Å². The van der Waals surface area contributed by atoms with E-state index in [1.165, 1.54) is 0 Å². The zero-order chi connectivity index (χ0) is 11.7. The fourth-order valence-electron chi connectivity index (χ4n) is 1.08. The minimum absolute atomic E-state index is 0.0215. The van der Waals surface area contributed by atoms with Gasteiger partial charge in [0, 0.05) is 6.54 Å². The highest BCUT2D eigenvalue weighted by molar-refractivity contribution is 4.56. The standard InChI is InChI=1S/C10H21F3N2/c1-9(2)8-15-6-3-5-14-7-4-10(11,12)13/h9,14-15H,3-8H2,1-2H3. The summed E-state index contributed by atoms with van der Waals surface area (Å²) in [5, 5.41) is 6.00. The van der Waals surface area contributed by atoms with Gasteiger partial charge < -0.3 is 10.6 Å². The summed E-state index contributed by atoms with van der Waals surface area (Å²) >= 11 is 0. The molecule has 0 aliphatic carbocycles. The van der Waals surface area contributed by atoms with E-state index in [9.17, 15) is 13.2 Å². The van der Waals surface area contributed by atoms with Crippen molar-refractivity contribution in [2.24, 2.45) is 5.92 Å². The Labute approximate surface area is 89.6 Å². The molecule has 0 heterocycles. The van der Waals surface area contributed by atoms with Gasteiger partial charge in [-0.05, 0) is 32.0 Å². The molecule has 0 atom stereocenters. The van der Waals surface area contributed by atoms with E-state index in [1.807, 2.05) is 0 Å². The first-order valence-electron chi connectivity index (χ1n) is 5.40. The van der Waals surface area contributed by atoms with E-state index in [-0.39, 0.29) is 6.54 Å². The maximum Gasteiger partial charge on any atom is 0.390 e. The highest BCUT2D eigenvalue weighted by atomic mass is 19.4. The summed E-state index contributed by atoms with van der Waals surface area (Å²) in [7, 11) is 0. The fraction of sp³-hybridized carbons (Fsp3) is 1.00. The molecule has 0 aromatic carbocycles. The van der Waals surface area contributed by atoms with Crippen LogP contribution < -0.4 is 10.6 Å². The minimum Gasteiger partial charge on any atom is -0.316 e. The van der Waals surface area contributed by atoms with Crippen LogP contribution in [0.4, 0.5) is 13.2 Å². The number of rotatable bonds is 8. The van der Waals surface area contributed by atoms with Crippen LogP contribution in [0.1, 0.15) is 26.7 Å². The van der Waals surface area contributed by atoms with Crippen LogP contribution in [0.5, 0.6) is 0 Å². The lowest BCUT2D eigenvalue weighted by atomic mass is 10.2. The van der Waals surface area contributed by atoms with Gasteiger partial charge >= 0.3 is 6.18 Å². The first-order valence-corrected chi connectivity index (χ1v) is 5.40. The normalized spacial score (nSPS) is 12.4. The molecule has 0 aromatic heterocycles. The lowest BCUT2D eigenvalue weighted by Gasteiger charge is -2.09. The first-order chi connectivity index (χ1) is 6.92. The van der Waals surface area contributed by atoms with Crippen LogP contribution in [0.2, 0.25) is 0 Å². The molecule has 0 aromatic rings. The Morgan fingerprint density at radius 2 is 1.60 bits per heavy atom. The van der Waals surface area contributed by atoms with Crippen LogP contribution in [0.15, 0.2) is 0 Å². The van der Waals surface area contributed by atoms with E-state index in [0.717, 1.165) is 19.5 Å². The molecule has 0 fully saturated rings. The monoisotopic (exact) mass is 226 g/mol. The van der Waals surface area contributed by atoms with E-state index in [4.69, 9.17) is 0 Å². The predicted octanol–water partition coefficient (Wildman–Crippen LogP) is 2.16. The Morgan fingerprint density at radius 1 is 1.00 bits per heavy atom. The number of hydrogen-bond donors (Lipinski definition) is 2. The fourth-order valence-corrected chi connectivity index (χ4v) is 1.08. The molecule has 5 heteroatoms. The van der Waals surface area contributed by atoms with Gasteiger partial charge in [-0.3, -0.25) is 0 Å². The summed E-state index contributed by atoms with van der Waals surface area (Å²) < 4.78 is 35.2. The van der Waals surface area contributed by atoms with Crippen LogP contribution in [-0.2, 0) is 0 Å². The van der Waals surface area contributed by atoms with Crippen molar-refractivity contribution < 1.29 is 13.2 Å². The topological polar surface area (TPSA) is 24.1 Å². The average Bonchev–Trinajstić information content (AvgIpc) is 2.07. The summed E-state index contributed by atoms with van der Waals surface area (Å²) in [6.07, 6.45) is -3.92. The SMILES string of the molecule is CC(C)CNCCCNCCC(F)(F)F. The zero-order valence-electron chi connectivity index (χ0n) is 9.45. The second kappa shape index (κ2) is 7.93. The number of nitrogens with one attached hydrogen (secondary N) is 2. The molecular formula is C10H21F3N2. The van der Waals surface area contributed by atoms with Crippen LogP contribution in [0.3, 0.4) is 0 Å². The molecule has 92 valence electrons. The minimum atomic E-state index is -4.04. The lowest BCUT2D eigenvalue weighted by molar-refractivity contribution is -0.133. The molecule has 0 unspecified atom stereocenters. The maximum atomic E-state index is 11.7. The highest BCUT2D eigenvalue weighted by Crippen LogP contribution is 2.17. The Bertz CT molecular complexity index is 146. The molecule has 0 aliphatic rings. The third kappa shape index (κ3) is 13.7. The maximum absolute atomic E-state index is 11.7. The van der Waals surface area contributed by atoms with Crippen LogP contribution in [0, 0.1) is 5.92 Å². The molecule has 0 saturated heterocycles. The average molecular weight is 226 g/mol. The van der Waals surface area contributed by atoms with Gasteiger partial charge in [-0.25, -0.2) is 0 Å². The van der Waals surface area contributed by atoms with Crippen molar-refractivity contribution in [3.8, 4) is 0 Å². The van der Waals surface area contributed by atoms with Crippen molar-refractivity contribution >= 4 is 0 Å². The second-order valence-electron chi connectivity index (χ2n) is 4.07. The molecule has 2 N–H and O–H groups in total. The van der Waals surface area contributed by atoms with E-state index < -0.39 is 12.6 Å². The van der Waals surface area contributed by atoms with Gasteiger partial charge in [0.2, 0.25) is 0 Å². The molecule has 0 saturated carbocycles. The van der Waals surface area contributed by atoms with Crippen LogP contribution in [-0.4, -0.2) is 32.4 Å². The van der Waals surface area contributed by atoms with E-state index >= 15 is 0 Å². The third-order valence-corrected chi connectivity index (χ3v) is 1.84. The first kappa shape index (κ1) is 14.7. The largest absolute Gasteiger partial charge is 0.390 e. The van der Waals surface area contributed by atoms with Crippen LogP contribution in [0.25, 0.3) is 0 Å². The summed E-state index contributed by atoms with van der Waals surface area (Å²) in [5.74, 6) is 0.614. The molecule has 2 nitrogen and oxygen atoms in total. The van der Waals surface area contributed by atoms with Gasteiger partial charge in [0.25, 0.3) is 0 Å². The van der Waals surface area contributed by atoms with Gasteiger partial charge in [0.05, 0.1) is 6.42 Å². The summed E-state index contributed by atoms with van der Waals surface area (Å²) in [4.78, 5) is 0. The van der Waals surface area contributed by atoms with Gasteiger partial charge in [-0.2, -0.15) is 13.2 Å². The summed E-state index contributed by atoms with van der Waals surface area (Å²) in [6.45, 7) is 6.72. The summed E-state index contributed by atoms with van der Waals surface area (Å²) in [6, 6.07) is 0. The van der Waals surface area contributed by atoms with Crippen molar-refractivity contribution in [1.29, 1.82) is 0 Å². The summed E-state index contributed by atoms with van der Waals surface area (Å²) in [5.41, 5.74) is 0. The zero-order valence-corrected chi connectivity index (χ0v) is 9.45. The molecule has 15 heavy (non-hydrogen) atoms. The number of halogens is 3. The Kier molecular flexibility index (Phi) is 7.78. The van der Waals surface area contributed by atoms with Crippen molar-refractivity contribution in [2.45, 2.75) is 32.9 Å². The Morgan fingerprint density at radius 3 is 2.13 bits per heavy atom. The van der Waals surface area contributed by atoms with Gasteiger partial charge in [0.1, 0.15) is 0 Å². The Hall–Kier alpha value is -0.290. The van der Waals surface area contributed by atoms with Gasteiger partial charge in [-0.1, -0.05) is 13.8 Å². The van der Waals surface area contributed by atoms with Crippen molar-refractivity contribution in [3.05, 3.63) is 0 Å². The van der Waals surface area contributed by atoms with E-state index in [0.29, 0.717) is 12.5 Å². The van der Waals surface area contributed by atoms with Crippen molar-refractivity contribution in [3.63, 3.8) is 0 Å². The molecule has 0 spiro atoms. The van der Waals surface area contributed by atoms with Gasteiger partial charge in [-0.15, -0.1) is 0 Å². The molecular weight excluding hydrogens is 205 g/mol. The van der Waals surface area contributed by atoms with Crippen LogP contribution >= 0.6 is 0 Å². The molecule has 0 radical (unpaired) electrons. The number of hydrogen-bond acceptors (Lipinski definition) is 2. The smallest absolute Gasteiger partial charge is 0.316 e. The Balaban J connectivity index is 3.06. The second-order valence-corrected chi connectivity index (χ2v) is 4.07. The molecule has 0 aliphatic heterocycles. The quantitative estimate of drug-likeness (QED) is 0.620. The number of alkyl halides is 3.